The molecular weight excluding hydrogens is 405 g/mol. The van der Waals surface area contributed by atoms with Crippen molar-refractivity contribution in [3.8, 4) is 0 Å². The standard InChI is InChI=1S/C17H23Cl2N7S/c1-11-14(27-12-3-5-22-15(19)13(12)18)16(21)23-17(24(11)2)26-9-7-25(6-4-20)8-10-26/h3,5H,1,4,6-10,20-21H2,2H3. The Morgan fingerprint density at radius 1 is 1.26 bits per heavy atom. The third-order valence-corrected chi connectivity index (χ3v) is 6.63. The molecule has 27 heavy (non-hydrogen) atoms. The van der Waals surface area contributed by atoms with Gasteiger partial charge >= 0.3 is 0 Å². The highest BCUT2D eigenvalue weighted by Crippen LogP contribution is 2.40. The highest BCUT2D eigenvalue weighted by atomic mass is 35.5. The molecule has 10 heteroatoms. The van der Waals surface area contributed by atoms with Crippen LogP contribution in [0.3, 0.4) is 0 Å². The zero-order chi connectivity index (χ0) is 19.6. The Hall–Kier alpha value is -1.45. The Kier molecular flexibility index (Phi) is 6.54. The maximum Gasteiger partial charge on any atom is 0.207 e. The molecule has 3 rings (SSSR count). The number of rotatable bonds is 4. The van der Waals surface area contributed by atoms with Gasteiger partial charge in [-0.15, -0.1) is 0 Å². The number of hydrogen-bond acceptors (Lipinski definition) is 8. The third kappa shape index (κ3) is 4.35. The smallest absolute Gasteiger partial charge is 0.207 e. The molecule has 3 heterocycles. The molecule has 1 aromatic heterocycles. The molecule has 0 radical (unpaired) electrons. The zero-order valence-corrected chi connectivity index (χ0v) is 17.5. The lowest BCUT2D eigenvalue weighted by atomic mass is 10.3. The van der Waals surface area contributed by atoms with E-state index < -0.39 is 0 Å². The Bertz CT molecular complexity index is 787. The lowest BCUT2D eigenvalue weighted by molar-refractivity contribution is 0.177. The van der Waals surface area contributed by atoms with E-state index in [-0.39, 0.29) is 5.15 Å². The first-order chi connectivity index (χ1) is 12.9. The van der Waals surface area contributed by atoms with Crippen LogP contribution in [0.2, 0.25) is 10.2 Å². The van der Waals surface area contributed by atoms with Crippen LogP contribution in [0.15, 0.2) is 45.2 Å². The summed E-state index contributed by atoms with van der Waals surface area (Å²) in [4.78, 5) is 16.7. The van der Waals surface area contributed by atoms with Crippen molar-refractivity contribution in [1.29, 1.82) is 0 Å². The van der Waals surface area contributed by atoms with Crippen LogP contribution < -0.4 is 11.5 Å². The fourth-order valence-corrected chi connectivity index (χ4v) is 4.37. The van der Waals surface area contributed by atoms with Crippen molar-refractivity contribution in [2.75, 3.05) is 46.3 Å². The number of guanidine groups is 1. The van der Waals surface area contributed by atoms with Crippen LogP contribution in [0.1, 0.15) is 0 Å². The lowest BCUT2D eigenvalue weighted by Crippen LogP contribution is -2.54. The fraction of sp³-hybridized carbons (Fsp3) is 0.412. The average molecular weight is 428 g/mol. The number of piperazine rings is 1. The first-order valence-corrected chi connectivity index (χ1v) is 10.2. The van der Waals surface area contributed by atoms with E-state index in [0.29, 0.717) is 17.4 Å². The van der Waals surface area contributed by atoms with Crippen LogP contribution in [-0.4, -0.2) is 72.0 Å². The molecule has 146 valence electrons. The van der Waals surface area contributed by atoms with Crippen LogP contribution in [0, 0.1) is 0 Å². The molecule has 7 nitrogen and oxygen atoms in total. The molecule has 0 unspecified atom stereocenters. The van der Waals surface area contributed by atoms with Crippen LogP contribution in [0.4, 0.5) is 0 Å². The highest BCUT2D eigenvalue weighted by molar-refractivity contribution is 8.03. The number of aliphatic imine (C=N–C) groups is 1. The van der Waals surface area contributed by atoms with Crippen molar-refractivity contribution in [3.63, 3.8) is 0 Å². The summed E-state index contributed by atoms with van der Waals surface area (Å²) in [5.41, 5.74) is 12.7. The molecule has 0 amide bonds. The molecule has 2 aliphatic heterocycles. The van der Waals surface area contributed by atoms with E-state index in [1.807, 2.05) is 11.9 Å². The molecule has 0 aromatic carbocycles. The second kappa shape index (κ2) is 8.70. The molecule has 2 aliphatic rings. The van der Waals surface area contributed by atoms with Gasteiger partial charge in [0.1, 0.15) is 11.0 Å². The van der Waals surface area contributed by atoms with Gasteiger partial charge in [-0.05, 0) is 6.07 Å². The van der Waals surface area contributed by atoms with E-state index in [1.165, 1.54) is 11.8 Å². The summed E-state index contributed by atoms with van der Waals surface area (Å²) >= 11 is 13.7. The van der Waals surface area contributed by atoms with E-state index in [4.69, 9.17) is 34.7 Å². The molecule has 1 saturated heterocycles. The van der Waals surface area contributed by atoms with E-state index >= 15 is 0 Å². The molecule has 0 bridgehead atoms. The Labute approximate surface area is 173 Å². The van der Waals surface area contributed by atoms with E-state index in [9.17, 15) is 0 Å². The van der Waals surface area contributed by atoms with Gasteiger partial charge < -0.3 is 21.3 Å². The number of nitrogens with zero attached hydrogens (tertiary/aromatic N) is 5. The first kappa shape index (κ1) is 20.3. The fourth-order valence-electron chi connectivity index (χ4n) is 2.99. The van der Waals surface area contributed by atoms with Crippen molar-refractivity contribution < 1.29 is 0 Å². The SMILES string of the molecule is C=C1C(Sc2ccnc(Cl)c2Cl)=C(N)N=C(N2CCN(CCN)CC2)N1C. The maximum atomic E-state index is 6.28. The van der Waals surface area contributed by atoms with Crippen molar-refractivity contribution in [2.45, 2.75) is 4.90 Å². The molecule has 0 saturated carbocycles. The van der Waals surface area contributed by atoms with Crippen LogP contribution >= 0.6 is 35.0 Å². The van der Waals surface area contributed by atoms with Crippen LogP contribution in [0.25, 0.3) is 0 Å². The number of pyridine rings is 1. The minimum Gasteiger partial charge on any atom is -0.383 e. The normalized spacial score (nSPS) is 19.0. The summed E-state index contributed by atoms with van der Waals surface area (Å²) in [6.45, 7) is 9.45. The van der Waals surface area contributed by atoms with Gasteiger partial charge in [-0.3, -0.25) is 4.90 Å². The number of halogens is 2. The third-order valence-electron chi connectivity index (χ3n) is 4.54. The van der Waals surface area contributed by atoms with Crippen LogP contribution in [-0.2, 0) is 0 Å². The van der Waals surface area contributed by atoms with Gasteiger partial charge in [-0.2, -0.15) is 4.99 Å². The molecule has 1 aromatic rings. The molecule has 0 aliphatic carbocycles. The monoisotopic (exact) mass is 427 g/mol. The largest absolute Gasteiger partial charge is 0.383 e. The lowest BCUT2D eigenvalue weighted by Gasteiger charge is -2.40. The first-order valence-electron chi connectivity index (χ1n) is 8.59. The summed E-state index contributed by atoms with van der Waals surface area (Å²) in [5, 5.41) is 0.654. The number of thioether (sulfide) groups is 1. The molecule has 4 N–H and O–H groups in total. The van der Waals surface area contributed by atoms with Crippen molar-refractivity contribution in [1.82, 2.24) is 19.7 Å². The van der Waals surface area contributed by atoms with Gasteiger partial charge in [-0.25, -0.2) is 4.98 Å². The van der Waals surface area contributed by atoms with Gasteiger partial charge in [0.15, 0.2) is 0 Å². The predicted octanol–water partition coefficient (Wildman–Crippen LogP) is 2.00. The summed E-state index contributed by atoms with van der Waals surface area (Å²) in [5.74, 6) is 1.24. The molecule has 1 fully saturated rings. The van der Waals surface area contributed by atoms with Gasteiger partial charge in [0, 0.05) is 57.4 Å². The Morgan fingerprint density at radius 2 is 1.96 bits per heavy atom. The molecule has 0 atom stereocenters. The number of likely N-dealkylation sites (N-methyl/N-ethyl adjacent to an activating group) is 1. The summed E-state index contributed by atoms with van der Waals surface area (Å²) < 4.78 is 0. The summed E-state index contributed by atoms with van der Waals surface area (Å²) in [6.07, 6.45) is 1.61. The van der Waals surface area contributed by atoms with E-state index in [1.54, 1.807) is 12.3 Å². The van der Waals surface area contributed by atoms with E-state index in [2.05, 4.69) is 26.4 Å². The predicted molar refractivity (Wildman–Crippen MR) is 113 cm³/mol. The summed E-state index contributed by atoms with van der Waals surface area (Å²) in [7, 11) is 1.95. The van der Waals surface area contributed by atoms with Gasteiger partial charge in [0.25, 0.3) is 0 Å². The van der Waals surface area contributed by atoms with Gasteiger partial charge in [0.05, 0.1) is 15.6 Å². The van der Waals surface area contributed by atoms with E-state index in [0.717, 1.165) is 54.2 Å². The Balaban J connectivity index is 1.80. The van der Waals surface area contributed by atoms with Gasteiger partial charge in [0.2, 0.25) is 5.96 Å². The van der Waals surface area contributed by atoms with Crippen LogP contribution in [0.5, 0.6) is 0 Å². The topological polar surface area (TPSA) is 87.0 Å². The van der Waals surface area contributed by atoms with Gasteiger partial charge in [-0.1, -0.05) is 41.5 Å². The quantitative estimate of drug-likeness (QED) is 0.710. The number of aromatic nitrogens is 1. The number of nitrogens with two attached hydrogens (primary N) is 2. The minimum atomic E-state index is 0.259. The second-order valence-electron chi connectivity index (χ2n) is 6.27. The zero-order valence-electron chi connectivity index (χ0n) is 15.2. The second-order valence-corrected chi connectivity index (χ2v) is 8.05. The maximum absolute atomic E-state index is 6.28. The highest BCUT2D eigenvalue weighted by Gasteiger charge is 2.29. The average Bonchev–Trinajstić information content (AvgIpc) is 2.66. The molecular formula is C17H23Cl2N7S. The summed E-state index contributed by atoms with van der Waals surface area (Å²) in [6, 6.07) is 1.79. The van der Waals surface area contributed by atoms with Crippen molar-refractivity contribution in [3.05, 3.63) is 45.4 Å². The minimum absolute atomic E-state index is 0.259. The number of hydrogen-bond donors (Lipinski definition) is 2. The molecule has 0 spiro atoms. The van der Waals surface area contributed by atoms with Crippen molar-refractivity contribution >= 4 is 40.9 Å². The van der Waals surface area contributed by atoms with Crippen molar-refractivity contribution in [2.24, 2.45) is 16.5 Å². The Morgan fingerprint density at radius 3 is 2.63 bits per heavy atom.